The Balaban J connectivity index is 0.00000729. The molecule has 1 aromatic rings. The number of halogens is 4. The number of hydrogen-bond acceptors (Lipinski definition) is 3. The quantitative estimate of drug-likeness (QED) is 0.275. The zero-order chi connectivity index (χ0) is 20.3. The minimum absolute atomic E-state index is 0. The first-order valence-corrected chi connectivity index (χ1v) is 9.10. The molecular formula is C19H31F3IN3O2. The van der Waals surface area contributed by atoms with Crippen molar-refractivity contribution in [2.75, 3.05) is 26.8 Å². The Morgan fingerprint density at radius 3 is 2.43 bits per heavy atom. The number of aliphatic imine (C=N–C) groups is 1. The summed E-state index contributed by atoms with van der Waals surface area (Å²) >= 11 is 0. The van der Waals surface area contributed by atoms with Gasteiger partial charge in [0.05, 0.1) is 6.10 Å². The van der Waals surface area contributed by atoms with Gasteiger partial charge in [-0.25, -0.2) is 0 Å². The molecule has 0 aliphatic rings. The van der Waals surface area contributed by atoms with Gasteiger partial charge in [0, 0.05) is 32.3 Å². The zero-order valence-corrected chi connectivity index (χ0v) is 19.1. The third-order valence-electron chi connectivity index (χ3n) is 3.88. The van der Waals surface area contributed by atoms with Crippen molar-refractivity contribution in [3.05, 3.63) is 29.8 Å². The lowest BCUT2D eigenvalue weighted by Crippen LogP contribution is -2.39. The van der Waals surface area contributed by atoms with Crippen LogP contribution >= 0.6 is 24.0 Å². The van der Waals surface area contributed by atoms with Crippen LogP contribution in [0.4, 0.5) is 13.2 Å². The highest BCUT2D eigenvalue weighted by molar-refractivity contribution is 14.0. The lowest BCUT2D eigenvalue weighted by molar-refractivity contribution is -0.153. The van der Waals surface area contributed by atoms with Gasteiger partial charge in [-0.2, -0.15) is 13.2 Å². The van der Waals surface area contributed by atoms with Gasteiger partial charge in [0.25, 0.3) is 0 Å². The lowest BCUT2D eigenvalue weighted by atomic mass is 10.0. The molecule has 0 aliphatic carbocycles. The highest BCUT2D eigenvalue weighted by Gasteiger charge is 2.28. The van der Waals surface area contributed by atoms with E-state index in [4.69, 9.17) is 9.47 Å². The van der Waals surface area contributed by atoms with E-state index in [-0.39, 0.29) is 35.8 Å². The maximum atomic E-state index is 12.4. The Kier molecular flexibility index (Phi) is 13.3. The summed E-state index contributed by atoms with van der Waals surface area (Å²) in [5, 5.41) is 6.29. The molecule has 0 fully saturated rings. The molecule has 0 aliphatic heterocycles. The SMILES string of the molecule is CCOC(CCNC(=NC)NCc1ccccc1OCC(F)(F)F)C(C)C.I. The fourth-order valence-electron chi connectivity index (χ4n) is 2.51. The van der Waals surface area contributed by atoms with Crippen LogP contribution in [0.25, 0.3) is 0 Å². The van der Waals surface area contributed by atoms with Gasteiger partial charge in [-0.3, -0.25) is 4.99 Å². The summed E-state index contributed by atoms with van der Waals surface area (Å²) in [6.07, 6.45) is -3.37. The summed E-state index contributed by atoms with van der Waals surface area (Å²) in [6.45, 7) is 6.54. The summed E-state index contributed by atoms with van der Waals surface area (Å²) in [6, 6.07) is 6.63. The second kappa shape index (κ2) is 13.9. The number of rotatable bonds is 10. The second-order valence-electron chi connectivity index (χ2n) is 6.39. The van der Waals surface area contributed by atoms with Crippen molar-refractivity contribution < 1.29 is 22.6 Å². The highest BCUT2D eigenvalue weighted by Crippen LogP contribution is 2.22. The van der Waals surface area contributed by atoms with Crippen LogP contribution in [0.1, 0.15) is 32.8 Å². The van der Waals surface area contributed by atoms with E-state index >= 15 is 0 Å². The lowest BCUT2D eigenvalue weighted by Gasteiger charge is -2.21. The molecule has 1 aromatic carbocycles. The summed E-state index contributed by atoms with van der Waals surface area (Å²) in [5.41, 5.74) is 0.624. The molecule has 5 nitrogen and oxygen atoms in total. The predicted molar refractivity (Wildman–Crippen MR) is 116 cm³/mol. The van der Waals surface area contributed by atoms with Crippen LogP contribution in [0, 0.1) is 5.92 Å². The maximum Gasteiger partial charge on any atom is 0.422 e. The van der Waals surface area contributed by atoms with E-state index in [0.717, 1.165) is 6.42 Å². The summed E-state index contributed by atoms with van der Waals surface area (Å²) in [4.78, 5) is 4.14. The van der Waals surface area contributed by atoms with Crippen LogP contribution in [0.15, 0.2) is 29.3 Å². The third kappa shape index (κ3) is 10.9. The van der Waals surface area contributed by atoms with Crippen LogP contribution in [0.3, 0.4) is 0 Å². The number of guanidine groups is 1. The second-order valence-corrected chi connectivity index (χ2v) is 6.39. The van der Waals surface area contributed by atoms with Crippen molar-refractivity contribution >= 4 is 29.9 Å². The topological polar surface area (TPSA) is 54.9 Å². The van der Waals surface area contributed by atoms with Gasteiger partial charge in [-0.1, -0.05) is 32.0 Å². The normalized spacial score (nSPS) is 13.1. The van der Waals surface area contributed by atoms with Crippen molar-refractivity contribution in [3.63, 3.8) is 0 Å². The summed E-state index contributed by atoms with van der Waals surface area (Å²) in [7, 11) is 1.64. The first kappa shape index (κ1) is 26.8. The summed E-state index contributed by atoms with van der Waals surface area (Å²) < 4.78 is 47.7. The monoisotopic (exact) mass is 517 g/mol. The number of alkyl halides is 3. The number of para-hydroxylation sites is 1. The number of nitrogens with one attached hydrogen (secondary N) is 2. The van der Waals surface area contributed by atoms with Crippen LogP contribution < -0.4 is 15.4 Å². The molecule has 9 heteroatoms. The maximum absolute atomic E-state index is 12.4. The average Bonchev–Trinajstić information content (AvgIpc) is 2.61. The molecule has 1 unspecified atom stereocenters. The third-order valence-corrected chi connectivity index (χ3v) is 3.88. The average molecular weight is 517 g/mol. The van der Waals surface area contributed by atoms with Crippen molar-refractivity contribution in [1.29, 1.82) is 0 Å². The molecule has 162 valence electrons. The molecule has 0 spiro atoms. The van der Waals surface area contributed by atoms with E-state index in [0.29, 0.717) is 37.1 Å². The van der Waals surface area contributed by atoms with Gasteiger partial charge in [0.2, 0.25) is 0 Å². The molecule has 0 radical (unpaired) electrons. The fourth-order valence-corrected chi connectivity index (χ4v) is 2.51. The molecule has 28 heavy (non-hydrogen) atoms. The molecule has 0 saturated heterocycles. The van der Waals surface area contributed by atoms with Crippen molar-refractivity contribution in [1.82, 2.24) is 10.6 Å². The van der Waals surface area contributed by atoms with Crippen molar-refractivity contribution in [2.45, 2.75) is 46.0 Å². The van der Waals surface area contributed by atoms with Crippen LogP contribution in [-0.2, 0) is 11.3 Å². The van der Waals surface area contributed by atoms with Crippen molar-refractivity contribution in [2.24, 2.45) is 10.9 Å². The van der Waals surface area contributed by atoms with E-state index in [1.165, 1.54) is 6.07 Å². The zero-order valence-electron chi connectivity index (χ0n) is 16.8. The van der Waals surface area contributed by atoms with Gasteiger partial charge < -0.3 is 20.1 Å². The number of benzene rings is 1. The molecule has 1 rings (SSSR count). The summed E-state index contributed by atoms with van der Waals surface area (Å²) in [5.74, 6) is 1.19. The predicted octanol–water partition coefficient (Wildman–Crippen LogP) is 4.36. The van der Waals surface area contributed by atoms with Gasteiger partial charge in [0.15, 0.2) is 12.6 Å². The first-order chi connectivity index (χ1) is 12.8. The minimum Gasteiger partial charge on any atom is -0.484 e. The van der Waals surface area contributed by atoms with Gasteiger partial charge >= 0.3 is 6.18 Å². The minimum atomic E-state index is -4.37. The molecule has 0 heterocycles. The van der Waals surface area contributed by atoms with Gasteiger partial charge in [-0.15, -0.1) is 24.0 Å². The number of ether oxygens (including phenoxy) is 2. The molecule has 1 atom stereocenters. The largest absolute Gasteiger partial charge is 0.484 e. The van der Waals surface area contributed by atoms with Gasteiger partial charge in [0.1, 0.15) is 5.75 Å². The van der Waals surface area contributed by atoms with E-state index in [2.05, 4.69) is 29.5 Å². The Morgan fingerprint density at radius 1 is 1.18 bits per heavy atom. The molecule has 0 amide bonds. The Labute approximate surface area is 182 Å². The molecule has 0 aromatic heterocycles. The van der Waals surface area contributed by atoms with Crippen LogP contribution in [0.2, 0.25) is 0 Å². The first-order valence-electron chi connectivity index (χ1n) is 9.10. The Bertz CT molecular complexity index is 584. The molecule has 0 bridgehead atoms. The van der Waals surface area contributed by atoms with E-state index < -0.39 is 12.8 Å². The van der Waals surface area contributed by atoms with Crippen molar-refractivity contribution in [3.8, 4) is 5.75 Å². The Hall–Kier alpha value is -1.23. The van der Waals surface area contributed by atoms with Gasteiger partial charge in [-0.05, 0) is 25.3 Å². The van der Waals surface area contributed by atoms with Crippen LogP contribution in [-0.4, -0.2) is 45.0 Å². The van der Waals surface area contributed by atoms with E-state index in [1.807, 2.05) is 6.92 Å². The fraction of sp³-hybridized carbons (Fsp3) is 0.632. The Morgan fingerprint density at radius 2 is 1.86 bits per heavy atom. The smallest absolute Gasteiger partial charge is 0.422 e. The van der Waals surface area contributed by atoms with Crippen LogP contribution in [0.5, 0.6) is 5.75 Å². The number of hydrogen-bond donors (Lipinski definition) is 2. The highest BCUT2D eigenvalue weighted by atomic mass is 127. The van der Waals surface area contributed by atoms with E-state index in [9.17, 15) is 13.2 Å². The van der Waals surface area contributed by atoms with E-state index in [1.54, 1.807) is 25.2 Å². The molecule has 2 N–H and O–H groups in total. The standard InChI is InChI=1S/C19H30F3N3O2.HI/c1-5-26-16(14(2)3)10-11-24-18(23-4)25-12-15-8-6-7-9-17(15)27-13-19(20,21)22;/h6-9,14,16H,5,10-13H2,1-4H3,(H2,23,24,25);1H. The molecular weight excluding hydrogens is 486 g/mol. The number of nitrogens with zero attached hydrogens (tertiary/aromatic N) is 1. The molecule has 0 saturated carbocycles.